The van der Waals surface area contributed by atoms with Crippen LogP contribution in [0.25, 0.3) is 0 Å². The Bertz CT molecular complexity index is 540. The minimum absolute atomic E-state index is 0.168. The third kappa shape index (κ3) is 7.08. The third-order valence-corrected chi connectivity index (χ3v) is 3.72. The highest BCUT2D eigenvalue weighted by molar-refractivity contribution is 5.79. The van der Waals surface area contributed by atoms with E-state index in [0.29, 0.717) is 25.3 Å². The smallest absolute Gasteiger partial charge is 0.234 e. The van der Waals surface area contributed by atoms with Crippen molar-refractivity contribution >= 4 is 11.8 Å². The van der Waals surface area contributed by atoms with Gasteiger partial charge < -0.3 is 16.8 Å². The van der Waals surface area contributed by atoms with E-state index in [-0.39, 0.29) is 23.8 Å². The van der Waals surface area contributed by atoms with Crippen LogP contribution in [0.15, 0.2) is 6.20 Å². The SMILES string of the molecule is CC(C)CC(Cc1cn(CCC(NC(C)C)C(N)=O)nn1)C(N)=O. The third-order valence-electron chi connectivity index (χ3n) is 3.72. The maximum absolute atomic E-state index is 11.5. The summed E-state index contributed by atoms with van der Waals surface area (Å²) in [6.45, 7) is 8.55. The molecule has 0 saturated carbocycles. The summed E-state index contributed by atoms with van der Waals surface area (Å²) in [6, 6.07) is -0.238. The molecular formula is C16H30N6O2. The Labute approximate surface area is 143 Å². The number of hydrogen-bond donors (Lipinski definition) is 3. The van der Waals surface area contributed by atoms with Crippen molar-refractivity contribution in [3.05, 3.63) is 11.9 Å². The van der Waals surface area contributed by atoms with Crippen LogP contribution in [0.4, 0.5) is 0 Å². The first kappa shape index (κ1) is 20.1. The van der Waals surface area contributed by atoms with Gasteiger partial charge in [0.1, 0.15) is 0 Å². The Morgan fingerprint density at radius 3 is 2.38 bits per heavy atom. The molecule has 8 heteroatoms. The molecule has 1 aromatic heterocycles. The van der Waals surface area contributed by atoms with E-state index in [1.807, 2.05) is 13.8 Å². The molecule has 0 aliphatic rings. The summed E-state index contributed by atoms with van der Waals surface area (Å²) >= 11 is 0. The first-order chi connectivity index (χ1) is 11.2. The standard InChI is InChI=1S/C16H30N6O2/c1-10(2)7-12(15(17)23)8-13-9-22(21-20-13)6-5-14(16(18)24)19-11(3)4/h9-12,14,19H,5-8H2,1-4H3,(H2,17,23)(H2,18,24). The molecule has 0 fully saturated rings. The van der Waals surface area contributed by atoms with Gasteiger partial charge in [0.25, 0.3) is 0 Å². The lowest BCUT2D eigenvalue weighted by atomic mass is 9.92. The van der Waals surface area contributed by atoms with Crippen LogP contribution in [0.3, 0.4) is 0 Å². The highest BCUT2D eigenvalue weighted by Crippen LogP contribution is 2.16. The Morgan fingerprint density at radius 2 is 1.88 bits per heavy atom. The van der Waals surface area contributed by atoms with Crippen LogP contribution in [-0.2, 0) is 22.6 Å². The van der Waals surface area contributed by atoms with Crippen LogP contribution in [0.2, 0.25) is 0 Å². The van der Waals surface area contributed by atoms with Gasteiger partial charge in [0.15, 0.2) is 0 Å². The van der Waals surface area contributed by atoms with E-state index in [9.17, 15) is 9.59 Å². The minimum Gasteiger partial charge on any atom is -0.369 e. The zero-order chi connectivity index (χ0) is 18.3. The van der Waals surface area contributed by atoms with Gasteiger partial charge in [-0.1, -0.05) is 32.9 Å². The van der Waals surface area contributed by atoms with Crippen molar-refractivity contribution in [2.24, 2.45) is 23.3 Å². The number of nitrogens with two attached hydrogens (primary N) is 2. The van der Waals surface area contributed by atoms with E-state index in [4.69, 9.17) is 11.5 Å². The second-order valence-corrected chi connectivity index (χ2v) is 6.97. The highest BCUT2D eigenvalue weighted by atomic mass is 16.1. The van der Waals surface area contributed by atoms with Gasteiger partial charge in [-0.25, -0.2) is 0 Å². The fraction of sp³-hybridized carbons (Fsp3) is 0.750. The zero-order valence-corrected chi connectivity index (χ0v) is 15.0. The fourth-order valence-corrected chi connectivity index (χ4v) is 2.63. The van der Waals surface area contributed by atoms with Crippen LogP contribution < -0.4 is 16.8 Å². The predicted octanol–water partition coefficient (Wildman–Crippen LogP) is 0.210. The number of aromatic nitrogens is 3. The van der Waals surface area contributed by atoms with Crippen molar-refractivity contribution in [3.63, 3.8) is 0 Å². The minimum atomic E-state index is -0.406. The first-order valence-electron chi connectivity index (χ1n) is 8.42. The number of hydrogen-bond acceptors (Lipinski definition) is 5. The van der Waals surface area contributed by atoms with Gasteiger partial charge in [-0.05, 0) is 18.8 Å². The van der Waals surface area contributed by atoms with Crippen molar-refractivity contribution in [1.29, 1.82) is 0 Å². The number of nitrogens with zero attached hydrogens (tertiary/aromatic N) is 3. The molecule has 2 atom stereocenters. The molecule has 8 nitrogen and oxygen atoms in total. The molecule has 0 aliphatic carbocycles. The highest BCUT2D eigenvalue weighted by Gasteiger charge is 2.20. The van der Waals surface area contributed by atoms with Crippen molar-refractivity contribution in [2.45, 2.75) is 65.6 Å². The van der Waals surface area contributed by atoms with E-state index in [1.54, 1.807) is 10.9 Å². The lowest BCUT2D eigenvalue weighted by Crippen LogP contribution is -2.45. The van der Waals surface area contributed by atoms with Crippen molar-refractivity contribution in [3.8, 4) is 0 Å². The molecule has 0 radical (unpaired) electrons. The van der Waals surface area contributed by atoms with E-state index in [1.165, 1.54) is 0 Å². The molecule has 24 heavy (non-hydrogen) atoms. The van der Waals surface area contributed by atoms with Crippen molar-refractivity contribution in [1.82, 2.24) is 20.3 Å². The molecule has 0 saturated heterocycles. The van der Waals surface area contributed by atoms with Crippen LogP contribution in [0, 0.1) is 11.8 Å². The van der Waals surface area contributed by atoms with Crippen molar-refractivity contribution in [2.75, 3.05) is 0 Å². The zero-order valence-electron chi connectivity index (χ0n) is 15.0. The number of carbonyl (C=O) groups is 2. The van der Waals surface area contributed by atoms with E-state index in [2.05, 4.69) is 29.5 Å². The summed E-state index contributed by atoms with van der Waals surface area (Å²) in [5.74, 6) is -0.546. The fourth-order valence-electron chi connectivity index (χ4n) is 2.63. The second-order valence-electron chi connectivity index (χ2n) is 6.97. The average molecular weight is 338 g/mol. The Morgan fingerprint density at radius 1 is 1.21 bits per heavy atom. The van der Waals surface area contributed by atoms with Crippen LogP contribution in [-0.4, -0.2) is 38.9 Å². The number of primary amides is 2. The Kier molecular flexibility index (Phi) is 7.84. The lowest BCUT2D eigenvalue weighted by molar-refractivity contribution is -0.122. The van der Waals surface area contributed by atoms with E-state index in [0.717, 1.165) is 12.1 Å². The number of amides is 2. The largest absolute Gasteiger partial charge is 0.369 e. The Hall–Kier alpha value is -1.96. The van der Waals surface area contributed by atoms with Gasteiger partial charge in [0.05, 0.1) is 11.7 Å². The number of carbonyl (C=O) groups excluding carboxylic acids is 2. The topological polar surface area (TPSA) is 129 Å². The first-order valence-corrected chi connectivity index (χ1v) is 8.42. The van der Waals surface area contributed by atoms with Gasteiger partial charge >= 0.3 is 0 Å². The molecule has 1 heterocycles. The summed E-state index contributed by atoms with van der Waals surface area (Å²) in [6.07, 6.45) is 3.53. The van der Waals surface area contributed by atoms with Crippen LogP contribution in [0.5, 0.6) is 0 Å². The molecular weight excluding hydrogens is 308 g/mol. The molecule has 1 aromatic rings. The summed E-state index contributed by atoms with van der Waals surface area (Å²) in [5, 5.41) is 11.3. The summed E-state index contributed by atoms with van der Waals surface area (Å²) < 4.78 is 1.67. The van der Waals surface area contributed by atoms with Gasteiger partial charge in [0.2, 0.25) is 11.8 Å². The monoisotopic (exact) mass is 338 g/mol. The number of aryl methyl sites for hydroxylation is 1. The molecule has 2 unspecified atom stereocenters. The van der Waals surface area contributed by atoms with Gasteiger partial charge in [-0.3, -0.25) is 14.3 Å². The molecule has 0 bridgehead atoms. The van der Waals surface area contributed by atoms with E-state index >= 15 is 0 Å². The molecule has 1 rings (SSSR count). The van der Waals surface area contributed by atoms with Gasteiger partial charge in [-0.15, -0.1) is 5.10 Å². The lowest BCUT2D eigenvalue weighted by Gasteiger charge is -2.17. The van der Waals surface area contributed by atoms with Crippen LogP contribution >= 0.6 is 0 Å². The molecule has 5 N–H and O–H groups in total. The molecule has 0 aliphatic heterocycles. The second kappa shape index (κ2) is 9.36. The number of nitrogens with one attached hydrogen (secondary N) is 1. The van der Waals surface area contributed by atoms with E-state index < -0.39 is 6.04 Å². The maximum Gasteiger partial charge on any atom is 0.234 e. The van der Waals surface area contributed by atoms with Crippen molar-refractivity contribution < 1.29 is 9.59 Å². The summed E-state index contributed by atoms with van der Waals surface area (Å²) in [5.41, 5.74) is 11.6. The number of rotatable bonds is 11. The summed E-state index contributed by atoms with van der Waals surface area (Å²) in [4.78, 5) is 23.0. The Balaban J connectivity index is 2.61. The average Bonchev–Trinajstić information content (AvgIpc) is 2.89. The maximum atomic E-state index is 11.5. The predicted molar refractivity (Wildman–Crippen MR) is 91.7 cm³/mol. The van der Waals surface area contributed by atoms with Gasteiger partial charge in [-0.2, -0.15) is 0 Å². The molecule has 0 aromatic carbocycles. The van der Waals surface area contributed by atoms with Gasteiger partial charge in [0, 0.05) is 31.1 Å². The van der Waals surface area contributed by atoms with Crippen LogP contribution in [0.1, 0.15) is 46.2 Å². The normalized spacial score (nSPS) is 14.1. The summed E-state index contributed by atoms with van der Waals surface area (Å²) in [7, 11) is 0. The quantitative estimate of drug-likeness (QED) is 0.531. The molecule has 0 spiro atoms. The molecule has 2 amide bonds. The molecule has 136 valence electrons.